The lowest BCUT2D eigenvalue weighted by atomic mass is 10.1. The zero-order valence-corrected chi connectivity index (χ0v) is 12.8. The van der Waals surface area contributed by atoms with E-state index in [4.69, 9.17) is 5.73 Å². The highest BCUT2D eigenvalue weighted by molar-refractivity contribution is 9.10. The van der Waals surface area contributed by atoms with Crippen molar-refractivity contribution in [2.24, 2.45) is 0 Å². The Hall–Kier alpha value is -2.67. The number of phenols is 1. The molecule has 0 saturated carbocycles. The molecule has 0 atom stereocenters. The number of carbonyl (C=O) groups is 1. The molecule has 7 heteroatoms. The van der Waals surface area contributed by atoms with Gasteiger partial charge in [-0.05, 0) is 36.4 Å². The van der Waals surface area contributed by atoms with E-state index in [9.17, 15) is 20.0 Å². The van der Waals surface area contributed by atoms with Gasteiger partial charge < -0.3 is 10.8 Å². The van der Waals surface area contributed by atoms with E-state index in [0.29, 0.717) is 10.0 Å². The number of ketones is 1. The summed E-state index contributed by atoms with van der Waals surface area (Å²) in [6.07, 6.45) is 2.67. The monoisotopic (exact) mass is 362 g/mol. The number of nitrogen functional groups attached to an aromatic ring is 1. The summed E-state index contributed by atoms with van der Waals surface area (Å²) in [5.41, 5.74) is 5.77. The Morgan fingerprint density at radius 1 is 1.27 bits per heavy atom. The van der Waals surface area contributed by atoms with E-state index in [0.717, 1.165) is 6.07 Å². The van der Waals surface area contributed by atoms with Gasteiger partial charge >= 0.3 is 0 Å². The van der Waals surface area contributed by atoms with Crippen LogP contribution in [0.2, 0.25) is 0 Å². The number of nitro groups is 1. The smallest absolute Gasteiger partial charge is 0.292 e. The molecule has 2 aromatic rings. The standard InChI is InChI=1S/C15H11BrN2O4/c16-11-4-1-9(15(20)8-11)3-6-14(19)10-2-5-12(17)13(7-10)18(21)22/h1-8,20H,17H2/b6-3+. The number of carbonyl (C=O) groups excluding carboxylic acids is 1. The maximum absolute atomic E-state index is 12.0. The molecular formula is C15H11BrN2O4. The molecule has 0 aromatic heterocycles. The lowest BCUT2D eigenvalue weighted by Crippen LogP contribution is -2.00. The Morgan fingerprint density at radius 3 is 2.64 bits per heavy atom. The third-order valence-electron chi connectivity index (χ3n) is 2.92. The lowest BCUT2D eigenvalue weighted by Gasteiger charge is -2.01. The number of nitro benzene ring substituents is 1. The van der Waals surface area contributed by atoms with Gasteiger partial charge in [-0.2, -0.15) is 0 Å². The Balaban J connectivity index is 2.27. The molecule has 0 radical (unpaired) electrons. The lowest BCUT2D eigenvalue weighted by molar-refractivity contribution is -0.383. The van der Waals surface area contributed by atoms with E-state index < -0.39 is 10.7 Å². The van der Waals surface area contributed by atoms with Crippen LogP contribution in [0.3, 0.4) is 0 Å². The quantitative estimate of drug-likeness (QED) is 0.284. The van der Waals surface area contributed by atoms with Crippen molar-refractivity contribution in [1.82, 2.24) is 0 Å². The minimum atomic E-state index is -0.642. The number of nitrogens with zero attached hydrogens (tertiary/aromatic N) is 1. The number of hydrogen-bond acceptors (Lipinski definition) is 5. The van der Waals surface area contributed by atoms with E-state index >= 15 is 0 Å². The molecule has 0 fully saturated rings. The summed E-state index contributed by atoms with van der Waals surface area (Å²) in [5, 5.41) is 20.5. The number of anilines is 1. The highest BCUT2D eigenvalue weighted by atomic mass is 79.9. The van der Waals surface area contributed by atoms with Crippen LogP contribution in [0, 0.1) is 10.1 Å². The van der Waals surface area contributed by atoms with Gasteiger partial charge in [0.1, 0.15) is 11.4 Å². The summed E-state index contributed by atoms with van der Waals surface area (Å²) in [4.78, 5) is 22.2. The number of allylic oxidation sites excluding steroid dienone is 1. The topological polar surface area (TPSA) is 106 Å². The summed E-state index contributed by atoms with van der Waals surface area (Å²) in [5.74, 6) is -0.410. The largest absolute Gasteiger partial charge is 0.507 e. The van der Waals surface area contributed by atoms with Crippen molar-refractivity contribution in [2.75, 3.05) is 5.73 Å². The van der Waals surface area contributed by atoms with Crippen LogP contribution in [0.1, 0.15) is 15.9 Å². The first-order valence-corrected chi connectivity index (χ1v) is 6.92. The number of hydrogen-bond donors (Lipinski definition) is 2. The molecule has 0 bridgehead atoms. The maximum Gasteiger partial charge on any atom is 0.292 e. The third-order valence-corrected chi connectivity index (χ3v) is 3.41. The van der Waals surface area contributed by atoms with Crippen LogP contribution in [0.5, 0.6) is 5.75 Å². The SMILES string of the molecule is Nc1ccc(C(=O)/C=C/c2ccc(Br)cc2O)cc1[N+](=O)[O-]. The summed E-state index contributed by atoms with van der Waals surface area (Å²) >= 11 is 3.21. The zero-order valence-electron chi connectivity index (χ0n) is 11.2. The van der Waals surface area contributed by atoms with Crippen LogP contribution in [0.25, 0.3) is 6.08 Å². The fraction of sp³-hybridized carbons (Fsp3) is 0. The van der Waals surface area contributed by atoms with Gasteiger partial charge in [-0.15, -0.1) is 0 Å². The van der Waals surface area contributed by atoms with E-state index in [1.54, 1.807) is 12.1 Å². The van der Waals surface area contributed by atoms with Gasteiger partial charge in [0.25, 0.3) is 5.69 Å². The Labute approximate surface area is 134 Å². The molecule has 0 amide bonds. The summed E-state index contributed by atoms with van der Waals surface area (Å²) in [6, 6.07) is 8.71. The first-order chi connectivity index (χ1) is 10.4. The number of benzene rings is 2. The van der Waals surface area contributed by atoms with Crippen molar-refractivity contribution in [3.8, 4) is 5.75 Å². The second kappa shape index (κ2) is 6.40. The highest BCUT2D eigenvalue weighted by Crippen LogP contribution is 2.25. The van der Waals surface area contributed by atoms with Crippen LogP contribution in [-0.2, 0) is 0 Å². The van der Waals surface area contributed by atoms with E-state index in [1.165, 1.54) is 30.4 Å². The zero-order chi connectivity index (χ0) is 16.3. The van der Waals surface area contributed by atoms with E-state index in [-0.39, 0.29) is 22.7 Å². The van der Waals surface area contributed by atoms with Crippen LogP contribution >= 0.6 is 15.9 Å². The molecule has 0 aliphatic carbocycles. The summed E-state index contributed by atoms with van der Waals surface area (Å²) < 4.78 is 0.711. The molecule has 3 N–H and O–H groups in total. The molecule has 0 aliphatic heterocycles. The van der Waals surface area contributed by atoms with E-state index in [1.807, 2.05) is 0 Å². The van der Waals surface area contributed by atoms with Crippen molar-refractivity contribution in [3.63, 3.8) is 0 Å². The minimum Gasteiger partial charge on any atom is -0.507 e. The molecular weight excluding hydrogens is 352 g/mol. The Morgan fingerprint density at radius 2 is 2.00 bits per heavy atom. The van der Waals surface area contributed by atoms with E-state index in [2.05, 4.69) is 15.9 Å². The van der Waals surface area contributed by atoms with Gasteiger partial charge in [-0.3, -0.25) is 14.9 Å². The molecule has 112 valence electrons. The molecule has 6 nitrogen and oxygen atoms in total. The van der Waals surface area contributed by atoms with Gasteiger partial charge in [0, 0.05) is 21.7 Å². The van der Waals surface area contributed by atoms with Crippen molar-refractivity contribution in [1.29, 1.82) is 0 Å². The van der Waals surface area contributed by atoms with Gasteiger partial charge in [0.2, 0.25) is 0 Å². The summed E-state index contributed by atoms with van der Waals surface area (Å²) in [6.45, 7) is 0. The second-order valence-electron chi connectivity index (χ2n) is 4.43. The van der Waals surface area contributed by atoms with Gasteiger partial charge in [-0.25, -0.2) is 0 Å². The number of nitrogens with two attached hydrogens (primary N) is 1. The summed E-state index contributed by atoms with van der Waals surface area (Å²) in [7, 11) is 0. The van der Waals surface area contributed by atoms with Gasteiger partial charge in [0.15, 0.2) is 5.78 Å². The minimum absolute atomic E-state index is 0.00363. The number of rotatable bonds is 4. The molecule has 0 unspecified atom stereocenters. The van der Waals surface area contributed by atoms with Crippen molar-refractivity contribution in [3.05, 3.63) is 68.2 Å². The van der Waals surface area contributed by atoms with Gasteiger partial charge in [0.05, 0.1) is 4.92 Å². The Kier molecular flexibility index (Phi) is 4.57. The first-order valence-electron chi connectivity index (χ1n) is 6.13. The highest BCUT2D eigenvalue weighted by Gasteiger charge is 2.14. The first kappa shape index (κ1) is 15.7. The van der Waals surface area contributed by atoms with Crippen LogP contribution in [0.4, 0.5) is 11.4 Å². The third kappa shape index (κ3) is 3.50. The van der Waals surface area contributed by atoms with Crippen LogP contribution in [-0.4, -0.2) is 15.8 Å². The average molecular weight is 363 g/mol. The normalized spacial score (nSPS) is 10.8. The maximum atomic E-state index is 12.0. The molecule has 22 heavy (non-hydrogen) atoms. The number of phenolic OH excluding ortho intramolecular Hbond substituents is 1. The fourth-order valence-corrected chi connectivity index (χ4v) is 2.12. The molecule has 2 rings (SSSR count). The molecule has 0 aliphatic rings. The predicted octanol–water partition coefficient (Wildman–Crippen LogP) is 3.54. The van der Waals surface area contributed by atoms with Crippen molar-refractivity contribution in [2.45, 2.75) is 0 Å². The molecule has 2 aromatic carbocycles. The van der Waals surface area contributed by atoms with Crippen molar-refractivity contribution >= 4 is 39.2 Å². The molecule has 0 heterocycles. The average Bonchev–Trinajstić information content (AvgIpc) is 2.46. The molecule has 0 saturated heterocycles. The fourth-order valence-electron chi connectivity index (χ4n) is 1.77. The van der Waals surface area contributed by atoms with Gasteiger partial charge in [-0.1, -0.05) is 22.0 Å². The second-order valence-corrected chi connectivity index (χ2v) is 5.35. The Bertz CT molecular complexity index is 787. The number of aromatic hydroxyl groups is 1. The van der Waals surface area contributed by atoms with Crippen LogP contribution < -0.4 is 5.73 Å². The van der Waals surface area contributed by atoms with Crippen molar-refractivity contribution < 1.29 is 14.8 Å². The number of halogens is 1. The molecule has 0 spiro atoms. The van der Waals surface area contributed by atoms with Crippen LogP contribution in [0.15, 0.2) is 46.9 Å². The predicted molar refractivity (Wildman–Crippen MR) is 86.7 cm³/mol.